The number of nitrogens with zero attached hydrogens (tertiary/aromatic N) is 2. The third-order valence-electron chi connectivity index (χ3n) is 4.11. The van der Waals surface area contributed by atoms with Crippen LogP contribution in [0.4, 0.5) is 10.5 Å². The van der Waals surface area contributed by atoms with Gasteiger partial charge in [-0.1, -0.05) is 0 Å². The molecule has 0 aromatic heterocycles. The van der Waals surface area contributed by atoms with E-state index < -0.39 is 17.1 Å². The molecule has 9 nitrogen and oxygen atoms in total. The first-order valence-electron chi connectivity index (χ1n) is 8.73. The van der Waals surface area contributed by atoms with Crippen molar-refractivity contribution >= 4 is 29.4 Å². The van der Waals surface area contributed by atoms with Crippen LogP contribution in [0.1, 0.15) is 24.8 Å². The Morgan fingerprint density at radius 3 is 2.70 bits per heavy atom. The van der Waals surface area contributed by atoms with E-state index in [1.54, 1.807) is 28.8 Å². The molecule has 10 heteroatoms. The number of nitro groups is 1. The summed E-state index contributed by atoms with van der Waals surface area (Å²) in [6.07, 6.45) is 1.46. The number of rotatable bonds is 9. The van der Waals surface area contributed by atoms with Gasteiger partial charge in [-0.3, -0.25) is 14.9 Å². The minimum absolute atomic E-state index is 0.00420. The predicted octanol–water partition coefficient (Wildman–Crippen LogP) is 1.85. The van der Waals surface area contributed by atoms with Crippen molar-refractivity contribution in [3.8, 4) is 0 Å². The van der Waals surface area contributed by atoms with Crippen LogP contribution in [0.3, 0.4) is 0 Å². The van der Waals surface area contributed by atoms with Gasteiger partial charge in [0.1, 0.15) is 6.61 Å². The lowest BCUT2D eigenvalue weighted by atomic mass is 10.1. The SMILES string of the molecule is NC(CCCCNC(=O)OCc1ccc([N+](=O)[O-])cc1)C(=O)N1CCSC1. The highest BCUT2D eigenvalue weighted by Crippen LogP contribution is 2.15. The first-order chi connectivity index (χ1) is 13.0. The number of non-ortho nitro benzene ring substituents is 1. The van der Waals surface area contributed by atoms with Gasteiger partial charge in [0.2, 0.25) is 5.91 Å². The van der Waals surface area contributed by atoms with Crippen LogP contribution in [-0.4, -0.2) is 52.6 Å². The highest BCUT2D eigenvalue weighted by molar-refractivity contribution is 7.99. The van der Waals surface area contributed by atoms with Crippen LogP contribution in [-0.2, 0) is 16.1 Å². The molecule has 1 atom stereocenters. The molecule has 1 aliphatic heterocycles. The first-order valence-corrected chi connectivity index (χ1v) is 9.89. The summed E-state index contributed by atoms with van der Waals surface area (Å²) in [5.41, 5.74) is 6.58. The van der Waals surface area contributed by atoms with E-state index in [0.717, 1.165) is 18.7 Å². The van der Waals surface area contributed by atoms with Crippen LogP contribution < -0.4 is 11.1 Å². The predicted molar refractivity (Wildman–Crippen MR) is 102 cm³/mol. The highest BCUT2D eigenvalue weighted by Gasteiger charge is 2.23. The summed E-state index contributed by atoms with van der Waals surface area (Å²) < 4.78 is 5.05. The van der Waals surface area contributed by atoms with Crippen LogP contribution in [0.15, 0.2) is 24.3 Å². The van der Waals surface area contributed by atoms with Crippen LogP contribution in [0.25, 0.3) is 0 Å². The van der Waals surface area contributed by atoms with Crippen LogP contribution in [0.5, 0.6) is 0 Å². The molecule has 1 aliphatic rings. The lowest BCUT2D eigenvalue weighted by Crippen LogP contribution is -2.42. The van der Waals surface area contributed by atoms with Crippen molar-refractivity contribution in [1.29, 1.82) is 0 Å². The molecule has 1 saturated heterocycles. The molecule has 2 amide bonds. The van der Waals surface area contributed by atoms with Gasteiger partial charge in [-0.25, -0.2) is 4.79 Å². The molecule has 0 radical (unpaired) electrons. The zero-order valence-electron chi connectivity index (χ0n) is 15.0. The van der Waals surface area contributed by atoms with E-state index in [4.69, 9.17) is 10.5 Å². The zero-order valence-corrected chi connectivity index (χ0v) is 15.8. The quantitative estimate of drug-likeness (QED) is 0.370. The molecular formula is C17H24N4O5S. The van der Waals surface area contributed by atoms with Gasteiger partial charge in [0, 0.05) is 31.0 Å². The van der Waals surface area contributed by atoms with E-state index in [0.29, 0.717) is 30.8 Å². The number of hydrogen-bond donors (Lipinski definition) is 2. The third-order valence-corrected chi connectivity index (χ3v) is 5.08. The Morgan fingerprint density at radius 1 is 1.33 bits per heavy atom. The van der Waals surface area contributed by atoms with Gasteiger partial charge in [0.05, 0.1) is 16.8 Å². The normalized spacial score (nSPS) is 14.6. The molecule has 1 aromatic rings. The molecule has 0 bridgehead atoms. The third kappa shape index (κ3) is 7.06. The van der Waals surface area contributed by atoms with Gasteiger partial charge in [-0.2, -0.15) is 0 Å². The summed E-state index contributed by atoms with van der Waals surface area (Å²) in [6, 6.07) is 5.33. The van der Waals surface area contributed by atoms with Gasteiger partial charge in [-0.05, 0) is 37.0 Å². The van der Waals surface area contributed by atoms with E-state index in [2.05, 4.69) is 5.32 Å². The maximum Gasteiger partial charge on any atom is 0.407 e. The Hall–Kier alpha value is -2.33. The number of amides is 2. The van der Waals surface area contributed by atoms with Gasteiger partial charge < -0.3 is 20.7 Å². The molecule has 1 aromatic carbocycles. The Balaban J connectivity index is 1.55. The van der Waals surface area contributed by atoms with Crippen molar-refractivity contribution in [2.45, 2.75) is 31.9 Å². The fourth-order valence-corrected chi connectivity index (χ4v) is 3.49. The average molecular weight is 396 g/mol. The van der Waals surface area contributed by atoms with Gasteiger partial charge in [0.15, 0.2) is 0 Å². The van der Waals surface area contributed by atoms with Crippen molar-refractivity contribution in [3.63, 3.8) is 0 Å². The molecule has 3 N–H and O–H groups in total. The van der Waals surface area contributed by atoms with Gasteiger partial charge in [0.25, 0.3) is 5.69 Å². The van der Waals surface area contributed by atoms with Crippen molar-refractivity contribution in [3.05, 3.63) is 39.9 Å². The molecule has 2 rings (SSSR count). The number of thioether (sulfide) groups is 1. The van der Waals surface area contributed by atoms with Crippen molar-refractivity contribution in [2.75, 3.05) is 24.7 Å². The number of unbranched alkanes of at least 4 members (excludes halogenated alkanes) is 1. The number of benzene rings is 1. The van der Waals surface area contributed by atoms with Crippen molar-refractivity contribution < 1.29 is 19.2 Å². The zero-order chi connectivity index (χ0) is 19.6. The fourth-order valence-electron chi connectivity index (χ4n) is 2.54. The number of carbonyl (C=O) groups is 2. The molecule has 0 aliphatic carbocycles. The topological polar surface area (TPSA) is 128 Å². The Kier molecular flexibility index (Phi) is 8.34. The number of nitrogens with two attached hydrogens (primary N) is 1. The van der Waals surface area contributed by atoms with E-state index >= 15 is 0 Å². The smallest absolute Gasteiger partial charge is 0.407 e. The van der Waals surface area contributed by atoms with E-state index in [1.807, 2.05) is 0 Å². The number of nitro benzene ring substituents is 1. The van der Waals surface area contributed by atoms with E-state index in [9.17, 15) is 19.7 Å². The Labute approximate surface area is 161 Å². The first kappa shape index (κ1) is 21.0. The minimum Gasteiger partial charge on any atom is -0.445 e. The molecule has 0 spiro atoms. The second-order valence-corrected chi connectivity index (χ2v) is 7.24. The lowest BCUT2D eigenvalue weighted by molar-refractivity contribution is -0.384. The molecule has 0 saturated carbocycles. The van der Waals surface area contributed by atoms with Crippen LogP contribution >= 0.6 is 11.8 Å². The number of alkyl carbamates (subject to hydrolysis) is 1. The van der Waals surface area contributed by atoms with Crippen molar-refractivity contribution in [1.82, 2.24) is 10.2 Å². The molecule has 148 valence electrons. The summed E-state index contributed by atoms with van der Waals surface area (Å²) in [4.78, 5) is 35.6. The molecule has 1 fully saturated rings. The number of ether oxygens (including phenoxy) is 1. The highest BCUT2D eigenvalue weighted by atomic mass is 32.2. The summed E-state index contributed by atoms with van der Waals surface area (Å²) in [5.74, 6) is 1.68. The van der Waals surface area contributed by atoms with E-state index in [-0.39, 0.29) is 18.2 Å². The fraction of sp³-hybridized carbons (Fsp3) is 0.529. The monoisotopic (exact) mass is 396 g/mol. The minimum atomic E-state index is -0.553. The molecule has 1 heterocycles. The number of nitrogens with one attached hydrogen (secondary N) is 1. The average Bonchev–Trinajstić information content (AvgIpc) is 3.20. The summed E-state index contributed by atoms with van der Waals surface area (Å²) in [6.45, 7) is 1.23. The maximum atomic E-state index is 12.1. The summed E-state index contributed by atoms with van der Waals surface area (Å²) in [7, 11) is 0. The molecule has 1 unspecified atom stereocenters. The molecular weight excluding hydrogens is 372 g/mol. The Bertz CT molecular complexity index is 649. The van der Waals surface area contributed by atoms with Gasteiger partial charge >= 0.3 is 6.09 Å². The van der Waals surface area contributed by atoms with E-state index in [1.165, 1.54) is 12.1 Å². The standard InChI is InChI=1S/C17H24N4O5S/c18-15(16(22)20-9-10-27-12-20)3-1-2-8-19-17(23)26-11-13-4-6-14(7-5-13)21(24)25/h4-7,15H,1-3,8-12,18H2,(H,19,23). The summed E-state index contributed by atoms with van der Waals surface area (Å²) in [5, 5.41) is 13.2. The maximum absolute atomic E-state index is 12.1. The largest absolute Gasteiger partial charge is 0.445 e. The number of carbonyl (C=O) groups excluding carboxylic acids is 2. The molecule has 27 heavy (non-hydrogen) atoms. The van der Waals surface area contributed by atoms with Crippen LogP contribution in [0.2, 0.25) is 0 Å². The number of hydrogen-bond acceptors (Lipinski definition) is 7. The second-order valence-electron chi connectivity index (χ2n) is 6.17. The van der Waals surface area contributed by atoms with Crippen molar-refractivity contribution in [2.24, 2.45) is 5.73 Å². The summed E-state index contributed by atoms with van der Waals surface area (Å²) >= 11 is 1.73. The lowest BCUT2D eigenvalue weighted by Gasteiger charge is -2.19. The van der Waals surface area contributed by atoms with Gasteiger partial charge in [-0.15, -0.1) is 11.8 Å². The van der Waals surface area contributed by atoms with Crippen LogP contribution in [0, 0.1) is 10.1 Å². The Morgan fingerprint density at radius 2 is 2.07 bits per heavy atom. The second kappa shape index (κ2) is 10.7.